The summed E-state index contributed by atoms with van der Waals surface area (Å²) >= 11 is 0. The third-order valence-electron chi connectivity index (χ3n) is 4.33. The maximum absolute atomic E-state index is 4.80. The molecule has 0 saturated heterocycles. The third-order valence-corrected chi connectivity index (χ3v) is 4.33. The number of nitrogens with zero attached hydrogens (tertiary/aromatic N) is 3. The lowest BCUT2D eigenvalue weighted by atomic mass is 10.2. The van der Waals surface area contributed by atoms with Crippen molar-refractivity contribution in [3.05, 3.63) is 72.3 Å². The van der Waals surface area contributed by atoms with Gasteiger partial charge in [0, 0.05) is 31.3 Å². The Morgan fingerprint density at radius 2 is 1.64 bits per heavy atom. The second-order valence-electron chi connectivity index (χ2n) is 6.56. The molecule has 25 heavy (non-hydrogen) atoms. The van der Waals surface area contributed by atoms with Crippen molar-refractivity contribution in [2.75, 3.05) is 17.3 Å². The molecule has 0 unspecified atom stereocenters. The van der Waals surface area contributed by atoms with Crippen molar-refractivity contribution in [3.8, 4) is 11.4 Å². The summed E-state index contributed by atoms with van der Waals surface area (Å²) in [6, 6.07) is 23.2. The normalized spacial score (nSPS) is 13.5. The van der Waals surface area contributed by atoms with E-state index in [0.717, 1.165) is 29.6 Å². The number of anilines is 2. The Hall–Kier alpha value is -2.88. The minimum atomic E-state index is 0.561. The van der Waals surface area contributed by atoms with Crippen LogP contribution in [-0.4, -0.2) is 23.1 Å². The fourth-order valence-corrected chi connectivity index (χ4v) is 2.80. The zero-order valence-electron chi connectivity index (χ0n) is 14.4. The van der Waals surface area contributed by atoms with Gasteiger partial charge in [-0.2, -0.15) is 0 Å². The summed E-state index contributed by atoms with van der Waals surface area (Å²) in [5.74, 6) is 2.60. The Morgan fingerprint density at radius 1 is 0.960 bits per heavy atom. The molecule has 0 spiro atoms. The first-order valence-corrected chi connectivity index (χ1v) is 8.74. The second-order valence-corrected chi connectivity index (χ2v) is 6.56. The van der Waals surface area contributed by atoms with Crippen molar-refractivity contribution < 1.29 is 0 Å². The summed E-state index contributed by atoms with van der Waals surface area (Å²) in [6.45, 7) is 0.814. The Balaban J connectivity index is 1.65. The fraction of sp³-hybridized carbons (Fsp3) is 0.238. The zero-order valence-corrected chi connectivity index (χ0v) is 14.4. The van der Waals surface area contributed by atoms with Gasteiger partial charge in [0.2, 0.25) is 0 Å². The van der Waals surface area contributed by atoms with Gasteiger partial charge in [0.15, 0.2) is 5.82 Å². The van der Waals surface area contributed by atoms with Gasteiger partial charge in [0.05, 0.1) is 0 Å². The number of hydrogen-bond acceptors (Lipinski definition) is 4. The molecule has 126 valence electrons. The monoisotopic (exact) mass is 330 g/mol. The molecule has 0 atom stereocenters. The molecule has 4 nitrogen and oxygen atoms in total. The Kier molecular flexibility index (Phi) is 4.34. The van der Waals surface area contributed by atoms with Gasteiger partial charge in [-0.1, -0.05) is 60.7 Å². The second kappa shape index (κ2) is 6.93. The van der Waals surface area contributed by atoms with Crippen molar-refractivity contribution in [2.24, 2.45) is 0 Å². The summed E-state index contributed by atoms with van der Waals surface area (Å²) in [5, 5.41) is 3.51. The van der Waals surface area contributed by atoms with Crippen LogP contribution in [0, 0.1) is 0 Å². The highest BCUT2D eigenvalue weighted by atomic mass is 15.2. The summed E-state index contributed by atoms with van der Waals surface area (Å²) in [6.07, 6.45) is 2.44. The molecule has 1 fully saturated rings. The highest BCUT2D eigenvalue weighted by molar-refractivity contribution is 5.62. The molecule has 1 aromatic heterocycles. The van der Waals surface area contributed by atoms with Crippen LogP contribution in [0.2, 0.25) is 0 Å². The van der Waals surface area contributed by atoms with Crippen LogP contribution in [0.4, 0.5) is 11.6 Å². The molecule has 4 heteroatoms. The molecule has 3 aromatic rings. The minimum Gasteiger partial charge on any atom is -0.367 e. The van der Waals surface area contributed by atoms with Gasteiger partial charge < -0.3 is 10.2 Å². The molecule has 0 amide bonds. The minimum absolute atomic E-state index is 0.561. The molecular weight excluding hydrogens is 308 g/mol. The number of rotatable bonds is 6. The van der Waals surface area contributed by atoms with Crippen molar-refractivity contribution >= 4 is 11.6 Å². The molecule has 1 aliphatic rings. The molecule has 1 heterocycles. The summed E-state index contributed by atoms with van der Waals surface area (Å²) in [4.78, 5) is 11.7. The van der Waals surface area contributed by atoms with E-state index in [0.29, 0.717) is 6.04 Å². The Bertz CT molecular complexity index is 829. The first kappa shape index (κ1) is 15.6. The summed E-state index contributed by atoms with van der Waals surface area (Å²) in [7, 11) is 2.07. The lowest BCUT2D eigenvalue weighted by molar-refractivity contribution is 0.892. The van der Waals surface area contributed by atoms with Gasteiger partial charge in [-0.3, -0.25) is 0 Å². The average molecular weight is 330 g/mol. The van der Waals surface area contributed by atoms with E-state index < -0.39 is 0 Å². The summed E-state index contributed by atoms with van der Waals surface area (Å²) in [5.41, 5.74) is 2.30. The van der Waals surface area contributed by atoms with E-state index in [1.165, 1.54) is 18.4 Å². The maximum atomic E-state index is 4.80. The van der Waals surface area contributed by atoms with Crippen LogP contribution in [0.25, 0.3) is 11.4 Å². The molecule has 1 N–H and O–H groups in total. The van der Waals surface area contributed by atoms with Gasteiger partial charge in [-0.15, -0.1) is 0 Å². The van der Waals surface area contributed by atoms with Gasteiger partial charge in [-0.05, 0) is 18.4 Å². The quantitative estimate of drug-likeness (QED) is 0.729. The molecule has 0 aliphatic heterocycles. The number of benzene rings is 2. The van der Waals surface area contributed by atoms with E-state index in [-0.39, 0.29) is 0 Å². The lowest BCUT2D eigenvalue weighted by Crippen LogP contribution is -2.19. The van der Waals surface area contributed by atoms with Crippen molar-refractivity contribution in [3.63, 3.8) is 0 Å². The molecule has 0 bridgehead atoms. The molecule has 0 radical (unpaired) electrons. The summed E-state index contributed by atoms with van der Waals surface area (Å²) < 4.78 is 0. The first-order chi connectivity index (χ1) is 12.3. The van der Waals surface area contributed by atoms with Gasteiger partial charge in [-0.25, -0.2) is 9.97 Å². The van der Waals surface area contributed by atoms with E-state index in [4.69, 9.17) is 9.97 Å². The van der Waals surface area contributed by atoms with Gasteiger partial charge in [0.1, 0.15) is 11.6 Å². The lowest BCUT2D eigenvalue weighted by Gasteiger charge is -2.20. The van der Waals surface area contributed by atoms with Gasteiger partial charge in [0.25, 0.3) is 0 Å². The first-order valence-electron chi connectivity index (χ1n) is 8.74. The highest BCUT2D eigenvalue weighted by Crippen LogP contribution is 2.27. The predicted octanol–water partition coefficient (Wildman–Crippen LogP) is 4.35. The van der Waals surface area contributed by atoms with E-state index in [9.17, 15) is 0 Å². The SMILES string of the molecule is CN(Cc1ccccc1)c1cc(NC2CC2)nc(-c2ccccc2)n1. The fourth-order valence-electron chi connectivity index (χ4n) is 2.80. The van der Waals surface area contributed by atoms with Crippen LogP contribution >= 0.6 is 0 Å². The van der Waals surface area contributed by atoms with Crippen LogP contribution in [-0.2, 0) is 6.54 Å². The number of aromatic nitrogens is 2. The average Bonchev–Trinajstić information content (AvgIpc) is 3.47. The maximum Gasteiger partial charge on any atom is 0.163 e. The van der Waals surface area contributed by atoms with Crippen LogP contribution in [0.3, 0.4) is 0 Å². The smallest absolute Gasteiger partial charge is 0.163 e. The Morgan fingerprint density at radius 3 is 2.32 bits per heavy atom. The number of hydrogen-bond donors (Lipinski definition) is 1. The molecule has 1 saturated carbocycles. The topological polar surface area (TPSA) is 41.0 Å². The zero-order chi connectivity index (χ0) is 17.1. The van der Waals surface area contributed by atoms with E-state index in [1.807, 2.05) is 30.3 Å². The van der Waals surface area contributed by atoms with Gasteiger partial charge >= 0.3 is 0 Å². The Labute approximate surface area is 148 Å². The highest BCUT2D eigenvalue weighted by Gasteiger charge is 2.22. The number of nitrogens with one attached hydrogen (secondary N) is 1. The molecule has 2 aromatic carbocycles. The van der Waals surface area contributed by atoms with E-state index in [2.05, 4.69) is 53.7 Å². The van der Waals surface area contributed by atoms with Crippen molar-refractivity contribution in [2.45, 2.75) is 25.4 Å². The third kappa shape index (κ3) is 3.97. The largest absolute Gasteiger partial charge is 0.367 e. The van der Waals surface area contributed by atoms with E-state index in [1.54, 1.807) is 0 Å². The van der Waals surface area contributed by atoms with Crippen LogP contribution in [0.1, 0.15) is 18.4 Å². The standard InChI is InChI=1S/C21H22N4/c1-25(15-16-8-4-2-5-9-16)20-14-19(22-18-12-13-18)23-21(24-20)17-10-6-3-7-11-17/h2-11,14,18H,12-13,15H2,1H3,(H,22,23,24). The molecular formula is C21H22N4. The predicted molar refractivity (Wildman–Crippen MR) is 103 cm³/mol. The van der Waals surface area contributed by atoms with Crippen LogP contribution in [0.15, 0.2) is 66.7 Å². The van der Waals surface area contributed by atoms with Crippen molar-refractivity contribution in [1.82, 2.24) is 9.97 Å². The van der Waals surface area contributed by atoms with Crippen LogP contribution < -0.4 is 10.2 Å². The van der Waals surface area contributed by atoms with E-state index >= 15 is 0 Å². The van der Waals surface area contributed by atoms with Crippen molar-refractivity contribution in [1.29, 1.82) is 0 Å². The van der Waals surface area contributed by atoms with Crippen LogP contribution in [0.5, 0.6) is 0 Å². The molecule has 4 rings (SSSR count). The molecule has 1 aliphatic carbocycles.